The molecule has 0 aliphatic carbocycles. The second-order valence-electron chi connectivity index (χ2n) is 4.88. The lowest BCUT2D eigenvalue weighted by atomic mass is 10.0. The summed E-state index contributed by atoms with van der Waals surface area (Å²) in [5.74, 6) is 0.571. The standard InChI is InChI=1S/C17H14Cl2N2/c1-2-6-14-15(18)20-17(21-16(14)19)13-10-5-8-11-7-3-4-9-12(11)13/h3-5,7-10H,2,6H2,1H3. The molecule has 4 heteroatoms. The van der Waals surface area contributed by atoms with Gasteiger partial charge in [0.15, 0.2) is 5.82 Å². The summed E-state index contributed by atoms with van der Waals surface area (Å²) in [6, 6.07) is 14.2. The van der Waals surface area contributed by atoms with Crippen LogP contribution >= 0.6 is 23.2 Å². The van der Waals surface area contributed by atoms with Crippen molar-refractivity contribution in [2.75, 3.05) is 0 Å². The fourth-order valence-electron chi connectivity index (χ4n) is 2.43. The molecule has 1 aromatic heterocycles. The molecule has 0 spiro atoms. The van der Waals surface area contributed by atoms with Crippen LogP contribution in [0.5, 0.6) is 0 Å². The number of nitrogens with zero attached hydrogens (tertiary/aromatic N) is 2. The zero-order valence-electron chi connectivity index (χ0n) is 11.6. The quantitative estimate of drug-likeness (QED) is 0.591. The molecule has 3 rings (SSSR count). The molecule has 21 heavy (non-hydrogen) atoms. The lowest BCUT2D eigenvalue weighted by Crippen LogP contribution is -1.98. The first-order chi connectivity index (χ1) is 10.2. The Morgan fingerprint density at radius 3 is 2.29 bits per heavy atom. The molecule has 3 aromatic rings. The lowest BCUT2D eigenvalue weighted by molar-refractivity contribution is 0.903. The van der Waals surface area contributed by atoms with E-state index < -0.39 is 0 Å². The number of halogens is 2. The van der Waals surface area contributed by atoms with Gasteiger partial charge in [0.1, 0.15) is 10.3 Å². The number of rotatable bonds is 3. The van der Waals surface area contributed by atoms with Crippen LogP contribution in [0, 0.1) is 0 Å². The van der Waals surface area contributed by atoms with Gasteiger partial charge in [-0.3, -0.25) is 0 Å². The van der Waals surface area contributed by atoms with Crippen molar-refractivity contribution < 1.29 is 0 Å². The Labute approximate surface area is 133 Å². The van der Waals surface area contributed by atoms with Crippen molar-refractivity contribution in [3.8, 4) is 11.4 Å². The minimum absolute atomic E-state index is 0.444. The fourth-order valence-corrected chi connectivity index (χ4v) is 3.00. The monoisotopic (exact) mass is 316 g/mol. The molecule has 2 aromatic carbocycles. The van der Waals surface area contributed by atoms with E-state index in [1.165, 1.54) is 0 Å². The Balaban J connectivity index is 2.20. The van der Waals surface area contributed by atoms with Crippen molar-refractivity contribution in [1.82, 2.24) is 9.97 Å². The molecule has 0 unspecified atom stereocenters. The summed E-state index contributed by atoms with van der Waals surface area (Å²) in [6.07, 6.45) is 1.74. The predicted octanol–water partition coefficient (Wildman–Crippen LogP) is 5.56. The molecule has 0 N–H and O–H groups in total. The number of fused-ring (bicyclic) bond motifs is 1. The van der Waals surface area contributed by atoms with E-state index in [1.54, 1.807) is 0 Å². The first-order valence-electron chi connectivity index (χ1n) is 6.90. The van der Waals surface area contributed by atoms with Crippen molar-refractivity contribution in [1.29, 1.82) is 0 Å². The minimum Gasteiger partial charge on any atom is -0.216 e. The maximum atomic E-state index is 6.28. The van der Waals surface area contributed by atoms with Crippen LogP contribution in [0.2, 0.25) is 10.3 Å². The second-order valence-corrected chi connectivity index (χ2v) is 5.60. The second kappa shape index (κ2) is 6.00. The maximum Gasteiger partial charge on any atom is 0.163 e. The molecule has 0 bridgehead atoms. The smallest absolute Gasteiger partial charge is 0.163 e. The molecule has 0 aliphatic rings. The van der Waals surface area contributed by atoms with Gasteiger partial charge in [-0.1, -0.05) is 79.0 Å². The van der Waals surface area contributed by atoms with Crippen LogP contribution in [-0.4, -0.2) is 9.97 Å². The molecule has 106 valence electrons. The SMILES string of the molecule is CCCc1c(Cl)nc(-c2cccc3ccccc23)nc1Cl. The van der Waals surface area contributed by atoms with Gasteiger partial charge in [0.2, 0.25) is 0 Å². The molecule has 2 nitrogen and oxygen atoms in total. The molecule has 0 amide bonds. The molecular weight excluding hydrogens is 303 g/mol. The Morgan fingerprint density at radius 1 is 0.905 bits per heavy atom. The van der Waals surface area contributed by atoms with E-state index in [0.717, 1.165) is 34.7 Å². The molecule has 0 aliphatic heterocycles. The van der Waals surface area contributed by atoms with Crippen LogP contribution in [0.1, 0.15) is 18.9 Å². The van der Waals surface area contributed by atoms with E-state index >= 15 is 0 Å². The predicted molar refractivity (Wildman–Crippen MR) is 89.0 cm³/mol. The number of hydrogen-bond donors (Lipinski definition) is 0. The van der Waals surface area contributed by atoms with E-state index in [4.69, 9.17) is 23.2 Å². The van der Waals surface area contributed by atoms with Gasteiger partial charge in [-0.25, -0.2) is 9.97 Å². The van der Waals surface area contributed by atoms with Crippen molar-refractivity contribution >= 4 is 34.0 Å². The van der Waals surface area contributed by atoms with Crippen molar-refractivity contribution in [3.05, 3.63) is 58.3 Å². The summed E-state index contributed by atoms with van der Waals surface area (Å²) in [4.78, 5) is 8.89. The Morgan fingerprint density at radius 2 is 1.57 bits per heavy atom. The summed E-state index contributed by atoms with van der Waals surface area (Å²) < 4.78 is 0. The maximum absolute atomic E-state index is 6.28. The summed E-state index contributed by atoms with van der Waals surface area (Å²) in [6.45, 7) is 2.07. The van der Waals surface area contributed by atoms with Gasteiger partial charge in [0.25, 0.3) is 0 Å². The number of benzene rings is 2. The van der Waals surface area contributed by atoms with Gasteiger partial charge in [-0.15, -0.1) is 0 Å². The molecule has 0 fully saturated rings. The van der Waals surface area contributed by atoms with Crippen LogP contribution in [0.3, 0.4) is 0 Å². The summed E-state index contributed by atoms with van der Waals surface area (Å²) >= 11 is 12.6. The average molecular weight is 317 g/mol. The van der Waals surface area contributed by atoms with Crippen molar-refractivity contribution in [2.24, 2.45) is 0 Å². The zero-order chi connectivity index (χ0) is 14.8. The van der Waals surface area contributed by atoms with Gasteiger partial charge in [0, 0.05) is 11.1 Å². The minimum atomic E-state index is 0.444. The third kappa shape index (κ3) is 2.74. The van der Waals surface area contributed by atoms with Crippen molar-refractivity contribution in [3.63, 3.8) is 0 Å². The summed E-state index contributed by atoms with van der Waals surface area (Å²) in [5.41, 5.74) is 1.77. The molecule has 0 saturated heterocycles. The Bertz CT molecular complexity index is 771. The van der Waals surface area contributed by atoms with E-state index in [0.29, 0.717) is 16.1 Å². The first kappa shape index (κ1) is 14.3. The highest BCUT2D eigenvalue weighted by Gasteiger charge is 2.13. The van der Waals surface area contributed by atoms with Crippen LogP contribution < -0.4 is 0 Å². The van der Waals surface area contributed by atoms with Gasteiger partial charge < -0.3 is 0 Å². The van der Waals surface area contributed by atoms with Crippen molar-refractivity contribution in [2.45, 2.75) is 19.8 Å². The third-order valence-electron chi connectivity index (χ3n) is 3.44. The largest absolute Gasteiger partial charge is 0.216 e. The van der Waals surface area contributed by atoms with Crippen LogP contribution in [-0.2, 0) is 6.42 Å². The first-order valence-corrected chi connectivity index (χ1v) is 7.66. The highest BCUT2D eigenvalue weighted by atomic mass is 35.5. The van der Waals surface area contributed by atoms with Crippen LogP contribution in [0.15, 0.2) is 42.5 Å². The van der Waals surface area contributed by atoms with E-state index in [9.17, 15) is 0 Å². The highest BCUT2D eigenvalue weighted by molar-refractivity contribution is 6.34. The highest BCUT2D eigenvalue weighted by Crippen LogP contribution is 2.30. The normalized spacial score (nSPS) is 11.0. The molecular formula is C17H14Cl2N2. The molecule has 0 saturated carbocycles. The third-order valence-corrected chi connectivity index (χ3v) is 4.06. The van der Waals surface area contributed by atoms with Crippen LogP contribution in [0.25, 0.3) is 22.2 Å². The molecule has 0 radical (unpaired) electrons. The summed E-state index contributed by atoms with van der Waals surface area (Å²) in [7, 11) is 0. The Kier molecular flexibility index (Phi) is 4.09. The average Bonchev–Trinajstić information content (AvgIpc) is 2.50. The van der Waals surface area contributed by atoms with Gasteiger partial charge in [-0.05, 0) is 17.2 Å². The fraction of sp³-hybridized carbons (Fsp3) is 0.176. The van der Waals surface area contributed by atoms with E-state index in [-0.39, 0.29) is 0 Å². The van der Waals surface area contributed by atoms with Gasteiger partial charge in [0.05, 0.1) is 0 Å². The van der Waals surface area contributed by atoms with Gasteiger partial charge in [-0.2, -0.15) is 0 Å². The van der Waals surface area contributed by atoms with Crippen LogP contribution in [0.4, 0.5) is 0 Å². The Hall–Kier alpha value is -1.64. The molecule has 1 heterocycles. The lowest BCUT2D eigenvalue weighted by Gasteiger charge is -2.09. The van der Waals surface area contributed by atoms with E-state index in [2.05, 4.69) is 35.1 Å². The number of hydrogen-bond acceptors (Lipinski definition) is 2. The van der Waals surface area contributed by atoms with E-state index in [1.807, 2.05) is 24.3 Å². The van der Waals surface area contributed by atoms with Gasteiger partial charge >= 0.3 is 0 Å². The molecule has 0 atom stereocenters. The zero-order valence-corrected chi connectivity index (χ0v) is 13.1. The summed E-state index contributed by atoms with van der Waals surface area (Å²) in [5, 5.41) is 3.12. The topological polar surface area (TPSA) is 25.8 Å². The number of aromatic nitrogens is 2.